The predicted molar refractivity (Wildman–Crippen MR) is 185 cm³/mol. The lowest BCUT2D eigenvalue weighted by Crippen LogP contribution is -2.25. The van der Waals surface area contributed by atoms with Crippen molar-refractivity contribution in [2.45, 2.75) is 27.3 Å². The standard InChI is InChI=1S/C33H27F2N5O4S.C2H6.H2O/c1-18-37-26-14-13-25(38-30(26)33(42)40(18)17-19-5-9-21(34)10-6-19)23-15-24-28(16-27(23)39(3)45(4)43)44-31(29(24)32(41)36-2)20-7-11-22(35)12-8-20;1-2;/h5-16H,17H2,1-4H3,(H,36,41);1-2H3;1H2. The van der Waals surface area contributed by atoms with Crippen LogP contribution < -0.4 is 15.2 Å². The van der Waals surface area contributed by atoms with Crippen molar-refractivity contribution in [2.75, 3.05) is 24.7 Å². The highest BCUT2D eigenvalue weighted by Crippen LogP contribution is 2.40. The lowest BCUT2D eigenvalue weighted by molar-refractivity contribution is 0.0964. The molecule has 1 unspecified atom stereocenters. The molecule has 0 bridgehead atoms. The number of nitrogens with zero attached hydrogens (tertiary/aromatic N) is 4. The third-order valence-electron chi connectivity index (χ3n) is 7.62. The zero-order valence-corrected chi connectivity index (χ0v) is 28.0. The van der Waals surface area contributed by atoms with Gasteiger partial charge in [0.25, 0.3) is 11.5 Å². The van der Waals surface area contributed by atoms with Gasteiger partial charge in [0.15, 0.2) is 5.52 Å². The Labute approximate surface area is 278 Å². The van der Waals surface area contributed by atoms with Gasteiger partial charge in [-0.25, -0.2) is 23.0 Å². The molecule has 3 N–H and O–H groups in total. The summed E-state index contributed by atoms with van der Waals surface area (Å²) in [5, 5.41) is 3.09. The van der Waals surface area contributed by atoms with Crippen LogP contribution in [0.2, 0.25) is 0 Å². The average Bonchev–Trinajstić information content (AvgIpc) is 3.45. The van der Waals surface area contributed by atoms with Gasteiger partial charge in [-0.05, 0) is 67.1 Å². The second-order valence-electron chi connectivity index (χ2n) is 10.4. The number of hydrogen-bond acceptors (Lipinski definition) is 6. The van der Waals surface area contributed by atoms with Gasteiger partial charge in [0.05, 0.1) is 29.0 Å². The molecule has 0 aliphatic rings. The van der Waals surface area contributed by atoms with Crippen molar-refractivity contribution in [3.8, 4) is 22.6 Å². The van der Waals surface area contributed by atoms with Crippen molar-refractivity contribution in [3.05, 3.63) is 112 Å². The molecule has 6 aromatic rings. The molecule has 1 amide bonds. The highest BCUT2D eigenvalue weighted by Gasteiger charge is 2.25. The van der Waals surface area contributed by atoms with Crippen LogP contribution in [0.1, 0.15) is 35.6 Å². The SMILES string of the molecule is CC.CNC(=O)c1c(-c2ccc(F)cc2)oc2cc(N(C)S(C)=O)c(-c3ccc4nc(C)n(Cc5ccc(F)cc5)c(=O)c4n3)cc12.O. The molecular weight excluding hydrogens is 640 g/mol. The summed E-state index contributed by atoms with van der Waals surface area (Å²) in [6.45, 7) is 5.89. The maximum absolute atomic E-state index is 13.7. The van der Waals surface area contributed by atoms with Gasteiger partial charge in [0.1, 0.15) is 39.8 Å². The summed E-state index contributed by atoms with van der Waals surface area (Å²) in [5.74, 6) is -0.525. The fourth-order valence-electron chi connectivity index (χ4n) is 5.21. The van der Waals surface area contributed by atoms with E-state index in [0.717, 1.165) is 5.56 Å². The van der Waals surface area contributed by atoms with E-state index in [9.17, 15) is 22.6 Å². The first-order valence-corrected chi connectivity index (χ1v) is 16.4. The smallest absolute Gasteiger partial charge is 0.280 e. The molecule has 0 spiro atoms. The minimum atomic E-state index is -1.46. The van der Waals surface area contributed by atoms with Crippen LogP contribution in [-0.4, -0.2) is 50.5 Å². The largest absolute Gasteiger partial charge is 0.455 e. The van der Waals surface area contributed by atoms with Gasteiger partial charge < -0.3 is 15.2 Å². The molecule has 0 aliphatic carbocycles. The van der Waals surface area contributed by atoms with Crippen LogP contribution in [-0.2, 0) is 17.5 Å². The molecule has 3 heterocycles. The number of halogens is 2. The maximum Gasteiger partial charge on any atom is 0.280 e. The van der Waals surface area contributed by atoms with Crippen LogP contribution in [0.3, 0.4) is 0 Å². The highest BCUT2D eigenvalue weighted by atomic mass is 32.2. The Hall–Kier alpha value is -5.27. The molecule has 0 saturated carbocycles. The van der Waals surface area contributed by atoms with E-state index in [2.05, 4.69) is 10.3 Å². The number of amides is 1. The zero-order valence-electron chi connectivity index (χ0n) is 27.2. The second-order valence-corrected chi connectivity index (χ2v) is 11.8. The van der Waals surface area contributed by atoms with Gasteiger partial charge in [0.2, 0.25) is 0 Å². The number of nitrogens with one attached hydrogen (secondary N) is 1. The van der Waals surface area contributed by atoms with Crippen molar-refractivity contribution in [2.24, 2.45) is 0 Å². The molecule has 3 aromatic heterocycles. The molecular formula is C35H35F2N5O5S. The highest BCUT2D eigenvalue weighted by molar-refractivity contribution is 7.85. The summed E-state index contributed by atoms with van der Waals surface area (Å²) >= 11 is 0. The predicted octanol–water partition coefficient (Wildman–Crippen LogP) is 5.80. The molecule has 3 aromatic carbocycles. The first-order valence-electron chi connectivity index (χ1n) is 14.8. The molecule has 6 rings (SSSR count). The van der Waals surface area contributed by atoms with E-state index >= 15 is 0 Å². The first-order chi connectivity index (χ1) is 22.5. The van der Waals surface area contributed by atoms with Crippen molar-refractivity contribution in [1.82, 2.24) is 19.9 Å². The van der Waals surface area contributed by atoms with Crippen LogP contribution in [0.25, 0.3) is 44.6 Å². The van der Waals surface area contributed by atoms with Crippen LogP contribution >= 0.6 is 0 Å². The van der Waals surface area contributed by atoms with Crippen LogP contribution in [0.5, 0.6) is 0 Å². The van der Waals surface area contributed by atoms with E-state index in [1.165, 1.54) is 58.6 Å². The number of carbonyl (C=O) groups is 1. The van der Waals surface area contributed by atoms with Gasteiger partial charge in [0, 0.05) is 42.9 Å². The Morgan fingerprint density at radius 3 is 2.21 bits per heavy atom. The molecule has 10 nitrogen and oxygen atoms in total. The van der Waals surface area contributed by atoms with Gasteiger partial charge >= 0.3 is 0 Å². The fourth-order valence-corrected chi connectivity index (χ4v) is 5.64. The Bertz CT molecular complexity index is 2200. The first kappa shape index (κ1) is 35.6. The molecule has 250 valence electrons. The molecule has 0 fully saturated rings. The van der Waals surface area contributed by atoms with Crippen molar-refractivity contribution in [1.29, 1.82) is 0 Å². The number of hydrogen-bond donors (Lipinski definition) is 1. The Balaban J connectivity index is 0.00000170. The van der Waals surface area contributed by atoms with E-state index in [0.29, 0.717) is 44.8 Å². The van der Waals surface area contributed by atoms with E-state index in [-0.39, 0.29) is 40.2 Å². The molecule has 0 aliphatic heterocycles. The Morgan fingerprint density at radius 1 is 0.979 bits per heavy atom. The number of aromatic nitrogens is 3. The summed E-state index contributed by atoms with van der Waals surface area (Å²) in [4.78, 5) is 36.2. The minimum Gasteiger partial charge on any atom is -0.455 e. The van der Waals surface area contributed by atoms with Crippen LogP contribution in [0.4, 0.5) is 14.5 Å². The summed E-state index contributed by atoms with van der Waals surface area (Å²) in [7, 11) is 1.68. The summed E-state index contributed by atoms with van der Waals surface area (Å²) in [6.07, 6.45) is 1.52. The van der Waals surface area contributed by atoms with Crippen molar-refractivity contribution in [3.63, 3.8) is 0 Å². The third-order valence-corrected chi connectivity index (χ3v) is 8.58. The Kier molecular flexibility index (Phi) is 10.9. The van der Waals surface area contributed by atoms with Gasteiger partial charge in [-0.2, -0.15) is 0 Å². The number of pyridine rings is 1. The minimum absolute atomic E-state index is 0. The summed E-state index contributed by atoms with van der Waals surface area (Å²) in [5.41, 5.74) is 3.24. The van der Waals surface area contributed by atoms with Gasteiger partial charge in [-0.15, -0.1) is 0 Å². The van der Waals surface area contributed by atoms with E-state index < -0.39 is 22.7 Å². The monoisotopic (exact) mass is 675 g/mol. The summed E-state index contributed by atoms with van der Waals surface area (Å²) in [6, 6.07) is 18.2. The number of rotatable bonds is 7. The van der Waals surface area contributed by atoms with Crippen molar-refractivity contribution >= 4 is 44.6 Å². The Morgan fingerprint density at radius 2 is 1.60 bits per heavy atom. The lowest BCUT2D eigenvalue weighted by Gasteiger charge is -2.20. The molecule has 13 heteroatoms. The van der Waals surface area contributed by atoms with Gasteiger partial charge in [-0.1, -0.05) is 26.0 Å². The average molecular weight is 676 g/mol. The number of fused-ring (bicyclic) bond motifs is 2. The van der Waals surface area contributed by atoms with Crippen molar-refractivity contribution < 1.29 is 27.7 Å². The molecule has 48 heavy (non-hydrogen) atoms. The number of carbonyl (C=O) groups excluding carboxylic acids is 1. The quantitative estimate of drug-likeness (QED) is 0.227. The summed E-state index contributed by atoms with van der Waals surface area (Å²) < 4.78 is 49.0. The van der Waals surface area contributed by atoms with E-state index in [4.69, 9.17) is 9.40 Å². The number of benzene rings is 3. The van der Waals surface area contributed by atoms with E-state index in [1.54, 1.807) is 50.4 Å². The number of aryl methyl sites for hydroxylation is 1. The van der Waals surface area contributed by atoms with Crippen LogP contribution in [0, 0.1) is 18.6 Å². The fraction of sp³-hybridized carbons (Fsp3) is 0.200. The van der Waals surface area contributed by atoms with E-state index in [1.807, 2.05) is 13.8 Å². The normalized spacial score (nSPS) is 11.4. The second kappa shape index (κ2) is 14.7. The maximum atomic E-state index is 13.7. The lowest BCUT2D eigenvalue weighted by atomic mass is 10.0. The number of furan rings is 1. The number of anilines is 1. The molecule has 0 saturated heterocycles. The molecule has 1 atom stereocenters. The third kappa shape index (κ3) is 6.73. The van der Waals surface area contributed by atoms with Gasteiger partial charge in [-0.3, -0.25) is 18.5 Å². The van der Waals surface area contributed by atoms with Crippen LogP contribution in [0.15, 0.2) is 82.0 Å². The topological polar surface area (TPSA) is 142 Å². The zero-order chi connectivity index (χ0) is 34.0. The molecule has 0 radical (unpaired) electrons.